The average molecular weight is 556 g/mol. The molecule has 0 heterocycles. The van der Waals surface area contributed by atoms with Gasteiger partial charge in [-0.1, -0.05) is 79.2 Å². The standard InChI is InChI=1S/C29H34ClN3O4S/c1-4-22(2)31-29(35)27(19-23-11-7-5-8-12-23)32(20-24-15-17-25(30)18-16-24)28(34)21-33(38(3,36)37)26-13-9-6-10-14-26/h5-18,22,27H,4,19-21H2,1-3H3,(H,31,35)/t22-,27-/m0/s1. The summed E-state index contributed by atoms with van der Waals surface area (Å²) in [6, 6.07) is 24.0. The Morgan fingerprint density at radius 2 is 1.47 bits per heavy atom. The monoisotopic (exact) mass is 555 g/mol. The predicted molar refractivity (Wildman–Crippen MR) is 152 cm³/mol. The number of sulfonamides is 1. The topological polar surface area (TPSA) is 86.8 Å². The van der Waals surface area contributed by atoms with Crippen LogP contribution in [0.5, 0.6) is 0 Å². The summed E-state index contributed by atoms with van der Waals surface area (Å²) < 4.78 is 26.5. The van der Waals surface area contributed by atoms with E-state index in [2.05, 4.69) is 5.32 Å². The van der Waals surface area contributed by atoms with Gasteiger partial charge in [0.05, 0.1) is 11.9 Å². The summed E-state index contributed by atoms with van der Waals surface area (Å²) in [6.45, 7) is 3.54. The molecule has 0 radical (unpaired) electrons. The van der Waals surface area contributed by atoms with Crippen LogP contribution >= 0.6 is 11.6 Å². The fourth-order valence-corrected chi connectivity index (χ4v) is 4.97. The number of carbonyl (C=O) groups excluding carboxylic acids is 2. The Labute approximate surface area is 230 Å². The zero-order valence-electron chi connectivity index (χ0n) is 21.9. The largest absolute Gasteiger partial charge is 0.352 e. The zero-order chi connectivity index (χ0) is 27.7. The summed E-state index contributed by atoms with van der Waals surface area (Å²) in [5, 5.41) is 3.56. The first-order valence-electron chi connectivity index (χ1n) is 12.5. The smallest absolute Gasteiger partial charge is 0.244 e. The second kappa shape index (κ2) is 13.4. The highest BCUT2D eigenvalue weighted by molar-refractivity contribution is 7.92. The highest BCUT2D eigenvalue weighted by atomic mass is 35.5. The van der Waals surface area contributed by atoms with E-state index in [1.54, 1.807) is 54.6 Å². The Hall–Kier alpha value is -3.36. The maximum absolute atomic E-state index is 14.0. The third-order valence-corrected chi connectivity index (χ3v) is 7.65. The first-order valence-corrected chi connectivity index (χ1v) is 14.7. The quantitative estimate of drug-likeness (QED) is 0.352. The van der Waals surface area contributed by atoms with Gasteiger partial charge in [0.1, 0.15) is 12.6 Å². The molecule has 0 spiro atoms. The minimum atomic E-state index is -3.78. The van der Waals surface area contributed by atoms with E-state index in [0.29, 0.717) is 10.7 Å². The van der Waals surface area contributed by atoms with Crippen molar-refractivity contribution < 1.29 is 18.0 Å². The molecule has 0 saturated carbocycles. The zero-order valence-corrected chi connectivity index (χ0v) is 23.5. The van der Waals surface area contributed by atoms with E-state index in [-0.39, 0.29) is 24.9 Å². The van der Waals surface area contributed by atoms with Crippen LogP contribution in [0.1, 0.15) is 31.4 Å². The van der Waals surface area contributed by atoms with Crippen LogP contribution in [-0.4, -0.2) is 50.0 Å². The molecule has 2 amide bonds. The third kappa shape index (κ3) is 8.33. The van der Waals surface area contributed by atoms with Crippen LogP contribution in [0.15, 0.2) is 84.9 Å². The molecule has 0 aliphatic heterocycles. The molecule has 0 unspecified atom stereocenters. The molecule has 0 bridgehead atoms. The van der Waals surface area contributed by atoms with Gasteiger partial charge in [0.2, 0.25) is 21.8 Å². The van der Waals surface area contributed by atoms with Gasteiger partial charge < -0.3 is 10.2 Å². The van der Waals surface area contributed by atoms with Crippen LogP contribution in [0.3, 0.4) is 0 Å². The number of amides is 2. The molecule has 1 N–H and O–H groups in total. The lowest BCUT2D eigenvalue weighted by molar-refractivity contribution is -0.140. The first kappa shape index (κ1) is 29.2. The lowest BCUT2D eigenvalue weighted by atomic mass is 10.0. The third-order valence-electron chi connectivity index (χ3n) is 6.26. The van der Waals surface area contributed by atoms with Crippen molar-refractivity contribution in [2.45, 2.75) is 45.3 Å². The van der Waals surface area contributed by atoms with Crippen molar-refractivity contribution in [2.24, 2.45) is 0 Å². The van der Waals surface area contributed by atoms with E-state index in [1.165, 1.54) is 4.90 Å². The van der Waals surface area contributed by atoms with Gasteiger partial charge in [-0.05, 0) is 48.7 Å². The number of nitrogens with one attached hydrogen (secondary N) is 1. The van der Waals surface area contributed by atoms with Gasteiger partial charge in [-0.2, -0.15) is 0 Å². The van der Waals surface area contributed by atoms with Crippen molar-refractivity contribution in [1.29, 1.82) is 0 Å². The molecule has 202 valence electrons. The predicted octanol–water partition coefficient (Wildman–Crippen LogP) is 4.66. The van der Waals surface area contributed by atoms with Gasteiger partial charge in [0.15, 0.2) is 0 Å². The number of anilines is 1. The van der Waals surface area contributed by atoms with Gasteiger partial charge in [-0.3, -0.25) is 13.9 Å². The second-order valence-corrected chi connectivity index (χ2v) is 11.6. The number of rotatable bonds is 12. The van der Waals surface area contributed by atoms with Crippen molar-refractivity contribution in [1.82, 2.24) is 10.2 Å². The van der Waals surface area contributed by atoms with Crippen LogP contribution in [0.2, 0.25) is 5.02 Å². The summed E-state index contributed by atoms with van der Waals surface area (Å²) in [4.78, 5) is 29.0. The second-order valence-electron chi connectivity index (χ2n) is 9.28. The molecule has 0 aliphatic rings. The summed E-state index contributed by atoms with van der Waals surface area (Å²) in [6.07, 6.45) is 2.06. The molecule has 38 heavy (non-hydrogen) atoms. The highest BCUT2D eigenvalue weighted by Gasteiger charge is 2.33. The first-order chi connectivity index (χ1) is 18.1. The van der Waals surface area contributed by atoms with Crippen LogP contribution in [-0.2, 0) is 32.6 Å². The van der Waals surface area contributed by atoms with Crippen molar-refractivity contribution in [2.75, 3.05) is 17.1 Å². The fraction of sp³-hybridized carbons (Fsp3) is 0.310. The summed E-state index contributed by atoms with van der Waals surface area (Å²) in [5.74, 6) is -0.786. The number of halogens is 1. The molecule has 3 aromatic carbocycles. The summed E-state index contributed by atoms with van der Waals surface area (Å²) >= 11 is 6.07. The molecule has 2 atom stereocenters. The van der Waals surface area contributed by atoms with E-state index in [0.717, 1.165) is 28.1 Å². The molecule has 3 aromatic rings. The molecule has 7 nitrogen and oxygen atoms in total. The van der Waals surface area contributed by atoms with Crippen molar-refractivity contribution in [3.8, 4) is 0 Å². The summed E-state index contributed by atoms with van der Waals surface area (Å²) in [5.41, 5.74) is 2.02. The van der Waals surface area contributed by atoms with Crippen LogP contribution < -0.4 is 9.62 Å². The Bertz CT molecular complexity index is 1300. The van der Waals surface area contributed by atoms with Gasteiger partial charge in [0, 0.05) is 24.0 Å². The van der Waals surface area contributed by atoms with E-state index in [1.807, 2.05) is 44.2 Å². The lowest BCUT2D eigenvalue weighted by Gasteiger charge is -2.34. The van der Waals surface area contributed by atoms with Crippen molar-refractivity contribution in [3.05, 3.63) is 101 Å². The van der Waals surface area contributed by atoms with Gasteiger partial charge in [-0.15, -0.1) is 0 Å². The number of nitrogens with zero attached hydrogens (tertiary/aromatic N) is 2. The Morgan fingerprint density at radius 3 is 2.03 bits per heavy atom. The van der Waals surface area contributed by atoms with Crippen molar-refractivity contribution >= 4 is 39.1 Å². The highest BCUT2D eigenvalue weighted by Crippen LogP contribution is 2.21. The van der Waals surface area contributed by atoms with E-state index in [4.69, 9.17) is 11.6 Å². The molecule has 0 aromatic heterocycles. The van der Waals surface area contributed by atoms with Crippen LogP contribution in [0.25, 0.3) is 0 Å². The molecule has 0 aliphatic carbocycles. The van der Waals surface area contributed by atoms with Crippen LogP contribution in [0.4, 0.5) is 5.69 Å². The number of hydrogen-bond acceptors (Lipinski definition) is 4. The van der Waals surface area contributed by atoms with Crippen LogP contribution in [0, 0.1) is 0 Å². The normalized spacial score (nSPS) is 12.8. The van der Waals surface area contributed by atoms with Gasteiger partial charge >= 0.3 is 0 Å². The molecule has 0 fully saturated rings. The Balaban J connectivity index is 2.03. The fourth-order valence-electron chi connectivity index (χ4n) is 3.99. The minimum absolute atomic E-state index is 0.0925. The van der Waals surface area contributed by atoms with Crippen molar-refractivity contribution in [3.63, 3.8) is 0 Å². The number of hydrogen-bond donors (Lipinski definition) is 1. The van der Waals surface area contributed by atoms with E-state index in [9.17, 15) is 18.0 Å². The average Bonchev–Trinajstić information content (AvgIpc) is 2.90. The Morgan fingerprint density at radius 1 is 0.895 bits per heavy atom. The molecule has 9 heteroatoms. The molecular formula is C29H34ClN3O4S. The van der Waals surface area contributed by atoms with Gasteiger partial charge in [-0.25, -0.2) is 8.42 Å². The number of para-hydroxylation sites is 1. The summed E-state index contributed by atoms with van der Waals surface area (Å²) in [7, 11) is -3.78. The van der Waals surface area contributed by atoms with Gasteiger partial charge in [0.25, 0.3) is 0 Å². The number of benzene rings is 3. The lowest BCUT2D eigenvalue weighted by Crippen LogP contribution is -2.54. The SMILES string of the molecule is CC[C@H](C)NC(=O)[C@H](Cc1ccccc1)N(Cc1ccc(Cl)cc1)C(=O)CN(c1ccccc1)S(C)(=O)=O. The molecule has 0 saturated heterocycles. The molecular weight excluding hydrogens is 522 g/mol. The Kier molecular flexibility index (Phi) is 10.3. The number of carbonyl (C=O) groups is 2. The van der Waals surface area contributed by atoms with E-state index >= 15 is 0 Å². The van der Waals surface area contributed by atoms with E-state index < -0.39 is 28.5 Å². The minimum Gasteiger partial charge on any atom is -0.352 e. The maximum Gasteiger partial charge on any atom is 0.244 e. The molecule has 3 rings (SSSR count). The maximum atomic E-state index is 14.0.